The lowest BCUT2D eigenvalue weighted by Crippen LogP contribution is -2.41. The van der Waals surface area contributed by atoms with Crippen LogP contribution in [-0.2, 0) is 4.74 Å². The topological polar surface area (TPSA) is 55.3 Å². The number of fused-ring (bicyclic) bond motifs is 1. The molecule has 0 unspecified atom stereocenters. The SMILES string of the molecule is Cc1nc2ccccc2nc1C(=O)N1CCOCC1. The molecule has 1 aromatic heterocycles. The maximum Gasteiger partial charge on any atom is 0.274 e. The second-order valence-electron chi connectivity index (χ2n) is 4.55. The Balaban J connectivity index is 1.99. The summed E-state index contributed by atoms with van der Waals surface area (Å²) in [5.74, 6) is -0.0564. The number of carbonyl (C=O) groups excluding carboxylic acids is 1. The standard InChI is InChI=1S/C14H15N3O2/c1-10-13(14(18)17-6-8-19-9-7-17)16-12-5-3-2-4-11(12)15-10/h2-5H,6-9H2,1H3. The lowest BCUT2D eigenvalue weighted by Gasteiger charge is -2.26. The lowest BCUT2D eigenvalue weighted by molar-refractivity contribution is 0.0298. The van der Waals surface area contributed by atoms with E-state index in [1.165, 1.54) is 0 Å². The van der Waals surface area contributed by atoms with Crippen LogP contribution in [0.5, 0.6) is 0 Å². The van der Waals surface area contributed by atoms with Gasteiger partial charge >= 0.3 is 0 Å². The predicted molar refractivity (Wildman–Crippen MR) is 71.0 cm³/mol. The molecule has 19 heavy (non-hydrogen) atoms. The van der Waals surface area contributed by atoms with Crippen molar-refractivity contribution in [1.82, 2.24) is 14.9 Å². The maximum atomic E-state index is 12.4. The van der Waals surface area contributed by atoms with Crippen LogP contribution in [0.3, 0.4) is 0 Å². The van der Waals surface area contributed by atoms with Crippen LogP contribution in [0.1, 0.15) is 16.2 Å². The fourth-order valence-corrected chi connectivity index (χ4v) is 2.21. The van der Waals surface area contributed by atoms with Gasteiger partial charge in [-0.05, 0) is 19.1 Å². The molecule has 1 saturated heterocycles. The summed E-state index contributed by atoms with van der Waals surface area (Å²) in [6.45, 7) is 4.24. The average Bonchev–Trinajstić information content (AvgIpc) is 2.47. The first-order valence-corrected chi connectivity index (χ1v) is 6.36. The highest BCUT2D eigenvalue weighted by molar-refractivity contribution is 5.95. The monoisotopic (exact) mass is 257 g/mol. The first-order chi connectivity index (χ1) is 9.25. The Morgan fingerprint density at radius 1 is 1.16 bits per heavy atom. The fourth-order valence-electron chi connectivity index (χ4n) is 2.21. The number of ether oxygens (including phenoxy) is 1. The van der Waals surface area contributed by atoms with Crippen LogP contribution in [0.15, 0.2) is 24.3 Å². The van der Waals surface area contributed by atoms with Gasteiger partial charge in [-0.1, -0.05) is 12.1 Å². The quantitative estimate of drug-likeness (QED) is 0.775. The Morgan fingerprint density at radius 3 is 2.47 bits per heavy atom. The number of morpholine rings is 1. The number of hydrogen-bond acceptors (Lipinski definition) is 4. The summed E-state index contributed by atoms with van der Waals surface area (Å²) in [4.78, 5) is 23.1. The second-order valence-corrected chi connectivity index (χ2v) is 4.55. The zero-order valence-corrected chi connectivity index (χ0v) is 10.8. The van der Waals surface area contributed by atoms with Crippen molar-refractivity contribution in [3.05, 3.63) is 35.7 Å². The first kappa shape index (κ1) is 12.0. The van der Waals surface area contributed by atoms with Crippen molar-refractivity contribution >= 4 is 16.9 Å². The van der Waals surface area contributed by atoms with Crippen LogP contribution >= 0.6 is 0 Å². The van der Waals surface area contributed by atoms with E-state index in [0.29, 0.717) is 37.7 Å². The Bertz CT molecular complexity index is 621. The molecule has 1 aliphatic rings. The highest BCUT2D eigenvalue weighted by atomic mass is 16.5. The van der Waals surface area contributed by atoms with Crippen LogP contribution in [0.2, 0.25) is 0 Å². The van der Waals surface area contributed by atoms with Gasteiger partial charge in [-0.2, -0.15) is 0 Å². The molecule has 1 fully saturated rings. The molecule has 2 heterocycles. The molecule has 2 aromatic rings. The van der Waals surface area contributed by atoms with Gasteiger partial charge in [0.05, 0.1) is 29.9 Å². The number of rotatable bonds is 1. The zero-order valence-electron chi connectivity index (χ0n) is 10.8. The van der Waals surface area contributed by atoms with Crippen molar-refractivity contribution in [3.8, 4) is 0 Å². The molecule has 0 N–H and O–H groups in total. The highest BCUT2D eigenvalue weighted by Gasteiger charge is 2.22. The Labute approximate surface area is 111 Å². The van der Waals surface area contributed by atoms with E-state index in [2.05, 4.69) is 9.97 Å². The Morgan fingerprint density at radius 2 is 1.79 bits per heavy atom. The van der Waals surface area contributed by atoms with E-state index < -0.39 is 0 Å². The summed E-state index contributed by atoms with van der Waals surface area (Å²) < 4.78 is 5.26. The minimum absolute atomic E-state index is 0.0564. The van der Waals surface area contributed by atoms with E-state index in [-0.39, 0.29) is 5.91 Å². The predicted octanol–water partition coefficient (Wildman–Crippen LogP) is 1.41. The fraction of sp³-hybridized carbons (Fsp3) is 0.357. The van der Waals surface area contributed by atoms with Crippen molar-refractivity contribution in [3.63, 3.8) is 0 Å². The van der Waals surface area contributed by atoms with E-state index in [0.717, 1.165) is 11.0 Å². The maximum absolute atomic E-state index is 12.4. The van der Waals surface area contributed by atoms with Gasteiger partial charge < -0.3 is 9.64 Å². The lowest BCUT2D eigenvalue weighted by atomic mass is 10.2. The number of benzene rings is 1. The van der Waals surface area contributed by atoms with Gasteiger partial charge in [-0.3, -0.25) is 4.79 Å². The summed E-state index contributed by atoms with van der Waals surface area (Å²) in [7, 11) is 0. The van der Waals surface area contributed by atoms with Crippen LogP contribution in [0.25, 0.3) is 11.0 Å². The van der Waals surface area contributed by atoms with E-state index in [1.54, 1.807) is 4.90 Å². The molecule has 5 heteroatoms. The van der Waals surface area contributed by atoms with Crippen LogP contribution in [0.4, 0.5) is 0 Å². The molecule has 3 rings (SSSR count). The van der Waals surface area contributed by atoms with E-state index in [9.17, 15) is 4.79 Å². The molecule has 1 aliphatic heterocycles. The molecule has 0 saturated carbocycles. The Kier molecular flexibility index (Phi) is 3.13. The number of hydrogen-bond donors (Lipinski definition) is 0. The average molecular weight is 257 g/mol. The van der Waals surface area contributed by atoms with Gasteiger partial charge in [0.2, 0.25) is 0 Å². The minimum atomic E-state index is -0.0564. The van der Waals surface area contributed by atoms with Crippen molar-refractivity contribution in [2.45, 2.75) is 6.92 Å². The number of nitrogens with zero attached hydrogens (tertiary/aromatic N) is 3. The summed E-state index contributed by atoms with van der Waals surface area (Å²) >= 11 is 0. The number of aromatic nitrogens is 2. The molecule has 0 atom stereocenters. The number of para-hydroxylation sites is 2. The zero-order chi connectivity index (χ0) is 13.2. The van der Waals surface area contributed by atoms with Crippen LogP contribution < -0.4 is 0 Å². The van der Waals surface area contributed by atoms with E-state index in [4.69, 9.17) is 4.74 Å². The van der Waals surface area contributed by atoms with E-state index >= 15 is 0 Å². The molecule has 0 aliphatic carbocycles. The molecular formula is C14H15N3O2. The summed E-state index contributed by atoms with van der Waals surface area (Å²) in [6.07, 6.45) is 0. The smallest absolute Gasteiger partial charge is 0.274 e. The van der Waals surface area contributed by atoms with Crippen LogP contribution in [-0.4, -0.2) is 47.1 Å². The second kappa shape index (κ2) is 4.93. The molecule has 0 radical (unpaired) electrons. The molecule has 98 valence electrons. The van der Waals surface area contributed by atoms with Crippen molar-refractivity contribution in [1.29, 1.82) is 0 Å². The van der Waals surface area contributed by atoms with Crippen molar-refractivity contribution in [2.24, 2.45) is 0 Å². The summed E-state index contributed by atoms with van der Waals surface area (Å²) in [5.41, 5.74) is 2.69. The largest absolute Gasteiger partial charge is 0.378 e. The summed E-state index contributed by atoms with van der Waals surface area (Å²) in [6, 6.07) is 7.59. The van der Waals surface area contributed by atoms with Gasteiger partial charge in [0.1, 0.15) is 5.69 Å². The third-order valence-corrected chi connectivity index (χ3v) is 3.25. The third-order valence-electron chi connectivity index (χ3n) is 3.25. The molecule has 0 spiro atoms. The van der Waals surface area contributed by atoms with Gasteiger partial charge in [0.15, 0.2) is 0 Å². The molecule has 0 bridgehead atoms. The number of aryl methyl sites for hydroxylation is 1. The van der Waals surface area contributed by atoms with Gasteiger partial charge in [0, 0.05) is 13.1 Å². The number of carbonyl (C=O) groups is 1. The minimum Gasteiger partial charge on any atom is -0.378 e. The summed E-state index contributed by atoms with van der Waals surface area (Å²) in [5, 5.41) is 0. The highest BCUT2D eigenvalue weighted by Crippen LogP contribution is 2.14. The van der Waals surface area contributed by atoms with E-state index in [1.807, 2.05) is 31.2 Å². The molecule has 5 nitrogen and oxygen atoms in total. The van der Waals surface area contributed by atoms with Gasteiger partial charge in [0.25, 0.3) is 5.91 Å². The Hall–Kier alpha value is -2.01. The van der Waals surface area contributed by atoms with Gasteiger partial charge in [-0.15, -0.1) is 0 Å². The van der Waals surface area contributed by atoms with Crippen LogP contribution in [0, 0.1) is 6.92 Å². The van der Waals surface area contributed by atoms with Crippen molar-refractivity contribution < 1.29 is 9.53 Å². The molecule has 1 amide bonds. The van der Waals surface area contributed by atoms with Gasteiger partial charge in [-0.25, -0.2) is 9.97 Å². The normalized spacial score (nSPS) is 15.7. The number of amides is 1. The van der Waals surface area contributed by atoms with Crippen molar-refractivity contribution in [2.75, 3.05) is 26.3 Å². The first-order valence-electron chi connectivity index (χ1n) is 6.36. The third kappa shape index (κ3) is 2.29. The molecular weight excluding hydrogens is 242 g/mol. The molecule has 1 aromatic carbocycles.